The van der Waals surface area contributed by atoms with Gasteiger partial charge in [0.1, 0.15) is 0 Å². The predicted octanol–water partition coefficient (Wildman–Crippen LogP) is 3.83. The topological polar surface area (TPSA) is 12.9 Å². The first-order chi connectivity index (χ1) is 7.35. The smallest absolute Gasteiger partial charge is 0.0709 e. The Kier molecular flexibility index (Phi) is 2.82. The van der Waals surface area contributed by atoms with Crippen LogP contribution in [-0.2, 0) is 6.42 Å². The van der Waals surface area contributed by atoms with Gasteiger partial charge in [0.05, 0.1) is 11.2 Å². The van der Waals surface area contributed by atoms with E-state index in [4.69, 9.17) is 0 Å². The van der Waals surface area contributed by atoms with Crippen molar-refractivity contribution in [1.29, 1.82) is 0 Å². The molecule has 1 heteroatoms. The minimum Gasteiger partial charge on any atom is -0.248 e. The van der Waals surface area contributed by atoms with Crippen LogP contribution in [0.1, 0.15) is 25.1 Å². The maximum atomic E-state index is 4.65. The predicted molar refractivity (Wildman–Crippen MR) is 65.8 cm³/mol. The van der Waals surface area contributed by atoms with Crippen LogP contribution in [0.25, 0.3) is 17.0 Å². The summed E-state index contributed by atoms with van der Waals surface area (Å²) in [5.74, 6) is 0. The molecular formula is C14H15N. The molecule has 0 radical (unpaired) electrons. The van der Waals surface area contributed by atoms with Gasteiger partial charge in [0, 0.05) is 5.39 Å². The van der Waals surface area contributed by atoms with Crippen LogP contribution in [-0.4, -0.2) is 4.98 Å². The first-order valence-corrected chi connectivity index (χ1v) is 5.36. The van der Waals surface area contributed by atoms with Gasteiger partial charge in [-0.1, -0.05) is 31.2 Å². The fourth-order valence-electron chi connectivity index (χ4n) is 1.76. The molecule has 2 aromatic rings. The Bertz CT molecular complexity index is 498. The Labute approximate surface area is 90.5 Å². The van der Waals surface area contributed by atoms with Crippen LogP contribution in [0.15, 0.2) is 36.4 Å². The fraction of sp³-hybridized carbons (Fsp3) is 0.214. The zero-order chi connectivity index (χ0) is 10.7. The maximum absolute atomic E-state index is 4.65. The van der Waals surface area contributed by atoms with Crippen LogP contribution in [0.4, 0.5) is 0 Å². The number of benzene rings is 1. The van der Waals surface area contributed by atoms with E-state index in [0.29, 0.717) is 0 Å². The highest BCUT2D eigenvalue weighted by Gasteiger charge is 2.01. The van der Waals surface area contributed by atoms with Gasteiger partial charge in [0.15, 0.2) is 0 Å². The van der Waals surface area contributed by atoms with E-state index >= 15 is 0 Å². The van der Waals surface area contributed by atoms with E-state index in [1.807, 2.05) is 19.1 Å². The van der Waals surface area contributed by atoms with Crippen molar-refractivity contribution in [2.45, 2.75) is 20.3 Å². The molecule has 15 heavy (non-hydrogen) atoms. The molecule has 76 valence electrons. The summed E-state index contributed by atoms with van der Waals surface area (Å²) >= 11 is 0. The van der Waals surface area contributed by atoms with Crippen LogP contribution in [0.3, 0.4) is 0 Å². The standard InChI is InChI=1S/C14H15N/c1-3-7-13-11(4-2)10-12-8-5-6-9-14(12)15-13/h3,5-10H,4H2,1-2H3. The van der Waals surface area contributed by atoms with Gasteiger partial charge >= 0.3 is 0 Å². The highest BCUT2D eigenvalue weighted by Crippen LogP contribution is 2.18. The number of allylic oxidation sites excluding steroid dienone is 1. The lowest BCUT2D eigenvalue weighted by Crippen LogP contribution is -1.91. The van der Waals surface area contributed by atoms with Crippen molar-refractivity contribution in [3.8, 4) is 0 Å². The van der Waals surface area contributed by atoms with Crippen molar-refractivity contribution in [2.24, 2.45) is 0 Å². The van der Waals surface area contributed by atoms with Gasteiger partial charge in [-0.25, -0.2) is 4.98 Å². The van der Waals surface area contributed by atoms with E-state index in [0.717, 1.165) is 17.6 Å². The summed E-state index contributed by atoms with van der Waals surface area (Å²) < 4.78 is 0. The summed E-state index contributed by atoms with van der Waals surface area (Å²) in [6.07, 6.45) is 5.14. The molecule has 0 aliphatic carbocycles. The molecule has 1 heterocycles. The van der Waals surface area contributed by atoms with Gasteiger partial charge in [-0.2, -0.15) is 0 Å². The van der Waals surface area contributed by atoms with Gasteiger partial charge < -0.3 is 0 Å². The van der Waals surface area contributed by atoms with Crippen molar-refractivity contribution < 1.29 is 0 Å². The highest BCUT2D eigenvalue weighted by atomic mass is 14.7. The van der Waals surface area contributed by atoms with Crippen molar-refractivity contribution in [3.05, 3.63) is 47.7 Å². The third-order valence-corrected chi connectivity index (χ3v) is 2.54. The van der Waals surface area contributed by atoms with Crippen LogP contribution in [0, 0.1) is 0 Å². The van der Waals surface area contributed by atoms with E-state index in [-0.39, 0.29) is 0 Å². The molecule has 1 nitrogen and oxygen atoms in total. The van der Waals surface area contributed by atoms with E-state index in [9.17, 15) is 0 Å². The average Bonchev–Trinajstić information content (AvgIpc) is 2.28. The summed E-state index contributed by atoms with van der Waals surface area (Å²) in [5.41, 5.74) is 3.48. The third-order valence-electron chi connectivity index (χ3n) is 2.54. The number of hydrogen-bond donors (Lipinski definition) is 0. The number of aromatic nitrogens is 1. The average molecular weight is 197 g/mol. The molecule has 0 amide bonds. The normalized spacial score (nSPS) is 11.3. The van der Waals surface area contributed by atoms with Crippen LogP contribution in [0.2, 0.25) is 0 Å². The molecule has 0 N–H and O–H groups in total. The number of hydrogen-bond acceptors (Lipinski definition) is 1. The molecule has 0 saturated heterocycles. The fourth-order valence-corrected chi connectivity index (χ4v) is 1.76. The Morgan fingerprint density at radius 1 is 1.27 bits per heavy atom. The second kappa shape index (κ2) is 4.26. The van der Waals surface area contributed by atoms with Crippen LogP contribution in [0.5, 0.6) is 0 Å². The minimum atomic E-state index is 1.03. The number of fused-ring (bicyclic) bond motifs is 1. The first-order valence-electron chi connectivity index (χ1n) is 5.36. The molecular weight excluding hydrogens is 182 g/mol. The Hall–Kier alpha value is -1.63. The second-order valence-electron chi connectivity index (χ2n) is 3.58. The monoisotopic (exact) mass is 197 g/mol. The molecule has 0 aliphatic rings. The quantitative estimate of drug-likeness (QED) is 0.713. The third kappa shape index (κ3) is 1.91. The first kappa shape index (κ1) is 9.91. The number of rotatable bonds is 2. The molecule has 0 unspecified atom stereocenters. The lowest BCUT2D eigenvalue weighted by Gasteiger charge is -2.05. The molecule has 0 aliphatic heterocycles. The number of pyridine rings is 1. The molecule has 0 fully saturated rings. The summed E-state index contributed by atoms with van der Waals surface area (Å²) in [4.78, 5) is 4.65. The second-order valence-corrected chi connectivity index (χ2v) is 3.58. The van der Waals surface area contributed by atoms with Crippen molar-refractivity contribution in [1.82, 2.24) is 4.98 Å². The van der Waals surface area contributed by atoms with E-state index in [1.54, 1.807) is 0 Å². The SMILES string of the molecule is CC=Cc1nc2ccccc2cc1CC. The number of para-hydroxylation sites is 1. The van der Waals surface area contributed by atoms with Crippen LogP contribution < -0.4 is 0 Å². The summed E-state index contributed by atoms with van der Waals surface area (Å²) in [6, 6.07) is 10.5. The molecule has 0 spiro atoms. The van der Waals surface area contributed by atoms with Crippen molar-refractivity contribution >= 4 is 17.0 Å². The van der Waals surface area contributed by atoms with E-state index in [2.05, 4.69) is 42.2 Å². The lowest BCUT2D eigenvalue weighted by atomic mass is 10.1. The van der Waals surface area contributed by atoms with E-state index < -0.39 is 0 Å². The number of nitrogens with zero attached hydrogens (tertiary/aromatic N) is 1. The van der Waals surface area contributed by atoms with Gasteiger partial charge in [0.25, 0.3) is 0 Å². The number of aryl methyl sites for hydroxylation is 1. The maximum Gasteiger partial charge on any atom is 0.0709 e. The van der Waals surface area contributed by atoms with E-state index in [1.165, 1.54) is 10.9 Å². The summed E-state index contributed by atoms with van der Waals surface area (Å²) in [5, 5.41) is 1.22. The Morgan fingerprint density at radius 2 is 2.07 bits per heavy atom. The summed E-state index contributed by atoms with van der Waals surface area (Å²) in [6.45, 7) is 4.19. The molecule has 2 rings (SSSR count). The highest BCUT2D eigenvalue weighted by molar-refractivity contribution is 5.80. The van der Waals surface area contributed by atoms with Gasteiger partial charge in [0.2, 0.25) is 0 Å². The Morgan fingerprint density at radius 3 is 2.80 bits per heavy atom. The van der Waals surface area contributed by atoms with Crippen LogP contribution >= 0.6 is 0 Å². The van der Waals surface area contributed by atoms with Gasteiger partial charge in [-0.3, -0.25) is 0 Å². The van der Waals surface area contributed by atoms with Crippen molar-refractivity contribution in [3.63, 3.8) is 0 Å². The zero-order valence-electron chi connectivity index (χ0n) is 9.20. The Balaban J connectivity index is 2.69. The van der Waals surface area contributed by atoms with Crippen molar-refractivity contribution in [2.75, 3.05) is 0 Å². The largest absolute Gasteiger partial charge is 0.248 e. The molecule has 1 aromatic heterocycles. The molecule has 1 aromatic carbocycles. The van der Waals surface area contributed by atoms with Gasteiger partial charge in [-0.15, -0.1) is 0 Å². The molecule has 0 atom stereocenters. The van der Waals surface area contributed by atoms with Gasteiger partial charge in [-0.05, 0) is 37.1 Å². The molecule has 0 saturated carbocycles. The minimum absolute atomic E-state index is 1.03. The molecule has 0 bridgehead atoms. The summed E-state index contributed by atoms with van der Waals surface area (Å²) in [7, 11) is 0. The lowest BCUT2D eigenvalue weighted by molar-refractivity contribution is 1.11. The zero-order valence-corrected chi connectivity index (χ0v) is 9.20.